The van der Waals surface area contributed by atoms with Crippen molar-refractivity contribution in [3.05, 3.63) is 56.2 Å². The number of fused-ring (bicyclic) bond motifs is 1. The highest BCUT2D eigenvalue weighted by Gasteiger charge is 2.13. The maximum atomic E-state index is 11.9. The van der Waals surface area contributed by atoms with E-state index in [1.54, 1.807) is 6.07 Å². The van der Waals surface area contributed by atoms with Crippen molar-refractivity contribution in [3.8, 4) is 0 Å². The van der Waals surface area contributed by atoms with Crippen molar-refractivity contribution in [2.24, 2.45) is 0 Å². The van der Waals surface area contributed by atoms with Crippen molar-refractivity contribution in [2.45, 2.75) is 19.6 Å². The Kier molecular flexibility index (Phi) is 3.55. The van der Waals surface area contributed by atoms with Gasteiger partial charge in [-0.25, -0.2) is 0 Å². The van der Waals surface area contributed by atoms with Crippen LogP contribution in [0.15, 0.2) is 29.6 Å². The van der Waals surface area contributed by atoms with Gasteiger partial charge in [-0.3, -0.25) is 4.79 Å². The molecule has 1 aliphatic heterocycles. The molecular formula is C14H13ClN2OS. The van der Waals surface area contributed by atoms with E-state index >= 15 is 0 Å². The molecular weight excluding hydrogens is 280 g/mol. The molecule has 0 fully saturated rings. The fourth-order valence-electron chi connectivity index (χ4n) is 2.18. The molecule has 0 atom stereocenters. The van der Waals surface area contributed by atoms with Crippen molar-refractivity contribution in [1.29, 1.82) is 0 Å². The average molecular weight is 293 g/mol. The molecule has 5 heteroatoms. The first kappa shape index (κ1) is 12.7. The Labute approximate surface area is 120 Å². The van der Waals surface area contributed by atoms with Crippen LogP contribution in [0.4, 0.5) is 0 Å². The summed E-state index contributed by atoms with van der Waals surface area (Å²) in [5.41, 5.74) is 3.78. The summed E-state index contributed by atoms with van der Waals surface area (Å²) in [7, 11) is 0. The van der Waals surface area contributed by atoms with Crippen LogP contribution in [-0.4, -0.2) is 5.91 Å². The Morgan fingerprint density at radius 3 is 2.95 bits per heavy atom. The highest BCUT2D eigenvalue weighted by Crippen LogP contribution is 2.22. The fourth-order valence-corrected chi connectivity index (χ4v) is 3.23. The first-order valence-corrected chi connectivity index (χ1v) is 7.32. The van der Waals surface area contributed by atoms with Gasteiger partial charge >= 0.3 is 0 Å². The number of thiophene rings is 1. The van der Waals surface area contributed by atoms with E-state index in [4.69, 9.17) is 11.6 Å². The van der Waals surface area contributed by atoms with Gasteiger partial charge in [0.25, 0.3) is 5.91 Å². The molecule has 0 spiro atoms. The van der Waals surface area contributed by atoms with Gasteiger partial charge in [-0.2, -0.15) is 0 Å². The van der Waals surface area contributed by atoms with Crippen LogP contribution in [0.5, 0.6) is 0 Å². The second-order valence-corrected chi connectivity index (χ2v) is 5.81. The quantitative estimate of drug-likeness (QED) is 0.913. The summed E-state index contributed by atoms with van der Waals surface area (Å²) in [6.45, 7) is 2.38. The number of nitrogens with one attached hydrogen (secondary N) is 2. The van der Waals surface area contributed by atoms with Crippen molar-refractivity contribution in [1.82, 2.24) is 10.6 Å². The minimum absolute atomic E-state index is 0.112. The van der Waals surface area contributed by atoms with E-state index in [1.165, 1.54) is 22.5 Å². The van der Waals surface area contributed by atoms with E-state index < -0.39 is 0 Å². The second kappa shape index (κ2) is 5.33. The second-order valence-electron chi connectivity index (χ2n) is 4.49. The van der Waals surface area contributed by atoms with E-state index in [1.807, 2.05) is 5.38 Å². The van der Waals surface area contributed by atoms with Crippen LogP contribution >= 0.6 is 22.9 Å². The van der Waals surface area contributed by atoms with E-state index in [0.717, 1.165) is 18.7 Å². The van der Waals surface area contributed by atoms with Crippen LogP contribution in [0.1, 0.15) is 26.4 Å². The van der Waals surface area contributed by atoms with E-state index in [0.29, 0.717) is 16.4 Å². The minimum atomic E-state index is -0.112. The summed E-state index contributed by atoms with van der Waals surface area (Å²) in [4.78, 5) is 12.5. The highest BCUT2D eigenvalue weighted by atomic mass is 35.5. The number of rotatable bonds is 3. The third-order valence-corrected chi connectivity index (χ3v) is 4.52. The van der Waals surface area contributed by atoms with Crippen molar-refractivity contribution < 1.29 is 4.79 Å². The lowest BCUT2D eigenvalue weighted by molar-refractivity contribution is 0.0955. The van der Waals surface area contributed by atoms with Gasteiger partial charge in [-0.05, 0) is 28.1 Å². The van der Waals surface area contributed by atoms with Crippen LogP contribution < -0.4 is 10.6 Å². The Hall–Kier alpha value is -1.36. The van der Waals surface area contributed by atoms with Crippen molar-refractivity contribution >= 4 is 28.8 Å². The largest absolute Gasteiger partial charge is 0.347 e. The Bertz CT molecular complexity index is 624. The molecule has 2 heterocycles. The van der Waals surface area contributed by atoms with Crippen LogP contribution in [-0.2, 0) is 19.6 Å². The fraction of sp³-hybridized carbons (Fsp3) is 0.214. The molecule has 1 amide bonds. The SMILES string of the molecule is O=C(NCc1ccc2c(c1)CNC2)c1sccc1Cl. The number of carbonyl (C=O) groups is 1. The van der Waals surface area contributed by atoms with Gasteiger partial charge < -0.3 is 10.6 Å². The zero-order valence-corrected chi connectivity index (χ0v) is 11.8. The molecule has 0 unspecified atom stereocenters. The molecule has 1 aliphatic rings. The van der Waals surface area contributed by atoms with Gasteiger partial charge in [0.1, 0.15) is 4.88 Å². The van der Waals surface area contributed by atoms with Crippen LogP contribution in [0.25, 0.3) is 0 Å². The minimum Gasteiger partial charge on any atom is -0.347 e. The molecule has 19 heavy (non-hydrogen) atoms. The number of carbonyl (C=O) groups excluding carboxylic acids is 1. The maximum absolute atomic E-state index is 11.9. The maximum Gasteiger partial charge on any atom is 0.263 e. The molecule has 0 bridgehead atoms. The Morgan fingerprint density at radius 2 is 2.16 bits per heavy atom. The molecule has 0 saturated heterocycles. The monoisotopic (exact) mass is 292 g/mol. The standard InChI is InChI=1S/C14H13ClN2OS/c15-12-3-4-19-13(12)14(18)17-6-9-1-2-10-7-16-8-11(10)5-9/h1-5,16H,6-8H2,(H,17,18). The molecule has 2 aromatic rings. The molecule has 3 rings (SSSR count). The highest BCUT2D eigenvalue weighted by molar-refractivity contribution is 7.12. The Balaban J connectivity index is 1.66. The third-order valence-electron chi connectivity index (χ3n) is 3.18. The molecule has 0 aliphatic carbocycles. The summed E-state index contributed by atoms with van der Waals surface area (Å²) >= 11 is 7.29. The lowest BCUT2D eigenvalue weighted by Gasteiger charge is -2.06. The number of benzene rings is 1. The predicted octanol–water partition coefficient (Wildman–Crippen LogP) is 2.93. The zero-order valence-electron chi connectivity index (χ0n) is 10.2. The van der Waals surface area contributed by atoms with Gasteiger partial charge in [0, 0.05) is 19.6 Å². The van der Waals surface area contributed by atoms with Crippen LogP contribution in [0, 0.1) is 0 Å². The van der Waals surface area contributed by atoms with Gasteiger partial charge in [-0.15, -0.1) is 11.3 Å². The molecule has 3 nitrogen and oxygen atoms in total. The predicted molar refractivity (Wildman–Crippen MR) is 77.5 cm³/mol. The van der Waals surface area contributed by atoms with E-state index in [9.17, 15) is 4.79 Å². The lowest BCUT2D eigenvalue weighted by Crippen LogP contribution is -2.22. The summed E-state index contributed by atoms with van der Waals surface area (Å²) in [6, 6.07) is 8.06. The summed E-state index contributed by atoms with van der Waals surface area (Å²) in [5.74, 6) is -0.112. The number of amides is 1. The molecule has 1 aromatic carbocycles. The first-order chi connectivity index (χ1) is 9.24. The lowest BCUT2D eigenvalue weighted by atomic mass is 10.1. The summed E-state index contributed by atoms with van der Waals surface area (Å²) in [5, 5.41) is 8.54. The average Bonchev–Trinajstić information content (AvgIpc) is 3.03. The molecule has 1 aromatic heterocycles. The van der Waals surface area contributed by atoms with Gasteiger partial charge in [-0.1, -0.05) is 29.8 Å². The molecule has 98 valence electrons. The topological polar surface area (TPSA) is 41.1 Å². The van der Waals surface area contributed by atoms with E-state index in [2.05, 4.69) is 28.8 Å². The van der Waals surface area contributed by atoms with E-state index in [-0.39, 0.29) is 5.91 Å². The van der Waals surface area contributed by atoms with Crippen LogP contribution in [0.2, 0.25) is 5.02 Å². The number of hydrogen-bond acceptors (Lipinski definition) is 3. The molecule has 0 radical (unpaired) electrons. The smallest absolute Gasteiger partial charge is 0.263 e. The first-order valence-electron chi connectivity index (χ1n) is 6.06. The molecule has 0 saturated carbocycles. The van der Waals surface area contributed by atoms with Crippen molar-refractivity contribution in [2.75, 3.05) is 0 Å². The van der Waals surface area contributed by atoms with Crippen LogP contribution in [0.3, 0.4) is 0 Å². The van der Waals surface area contributed by atoms with Gasteiger partial charge in [0.15, 0.2) is 0 Å². The Morgan fingerprint density at radius 1 is 1.32 bits per heavy atom. The van der Waals surface area contributed by atoms with Crippen molar-refractivity contribution in [3.63, 3.8) is 0 Å². The summed E-state index contributed by atoms with van der Waals surface area (Å²) < 4.78 is 0. The third kappa shape index (κ3) is 2.66. The summed E-state index contributed by atoms with van der Waals surface area (Å²) in [6.07, 6.45) is 0. The number of hydrogen-bond donors (Lipinski definition) is 2. The van der Waals surface area contributed by atoms with Gasteiger partial charge in [0.05, 0.1) is 5.02 Å². The van der Waals surface area contributed by atoms with Gasteiger partial charge in [0.2, 0.25) is 0 Å². The zero-order chi connectivity index (χ0) is 13.2. The molecule has 2 N–H and O–H groups in total. The normalized spacial score (nSPS) is 13.3. The number of halogens is 1.